The molecule has 0 radical (unpaired) electrons. The van der Waals surface area contributed by atoms with Crippen molar-refractivity contribution in [3.8, 4) is 17.2 Å². The van der Waals surface area contributed by atoms with Gasteiger partial charge in [-0.3, -0.25) is 4.98 Å². The van der Waals surface area contributed by atoms with Crippen molar-refractivity contribution in [2.24, 2.45) is 11.8 Å². The van der Waals surface area contributed by atoms with Crippen LogP contribution < -0.4 is 5.32 Å². The molecule has 2 aliphatic rings. The van der Waals surface area contributed by atoms with E-state index in [9.17, 15) is 9.18 Å². The summed E-state index contributed by atoms with van der Waals surface area (Å²) in [6.45, 7) is 2.58. The Labute approximate surface area is 151 Å². The number of nitrogens with zero attached hydrogens (tertiary/aromatic N) is 3. The van der Waals surface area contributed by atoms with Gasteiger partial charge >= 0.3 is 6.03 Å². The second-order valence-corrected chi connectivity index (χ2v) is 7.12. The maximum atomic E-state index is 13.5. The molecule has 1 saturated heterocycles. The van der Waals surface area contributed by atoms with Crippen LogP contribution in [-0.4, -0.2) is 28.5 Å². The van der Waals surface area contributed by atoms with Crippen LogP contribution in [0.3, 0.4) is 0 Å². The highest BCUT2D eigenvalue weighted by Crippen LogP contribution is 2.42. The van der Waals surface area contributed by atoms with E-state index >= 15 is 0 Å². The number of nitrogens with one attached hydrogen (secondary N) is 1. The van der Waals surface area contributed by atoms with Crippen molar-refractivity contribution >= 4 is 11.7 Å². The Morgan fingerprint density at radius 3 is 2.88 bits per heavy atom. The third-order valence-electron chi connectivity index (χ3n) is 5.47. The van der Waals surface area contributed by atoms with E-state index < -0.39 is 5.82 Å². The molecule has 2 fully saturated rings. The molecule has 2 amide bonds. The smallest absolute Gasteiger partial charge is 0.321 e. The zero-order valence-corrected chi connectivity index (χ0v) is 14.4. The number of likely N-dealkylation sites (tertiary alicyclic amines) is 1. The van der Waals surface area contributed by atoms with Crippen LogP contribution in [0.25, 0.3) is 11.1 Å². The van der Waals surface area contributed by atoms with E-state index in [0.717, 1.165) is 24.0 Å². The van der Waals surface area contributed by atoms with Crippen molar-refractivity contribution in [2.75, 3.05) is 11.9 Å². The zero-order chi connectivity index (χ0) is 18.3. The summed E-state index contributed by atoms with van der Waals surface area (Å²) in [7, 11) is 0. The van der Waals surface area contributed by atoms with Gasteiger partial charge in [0, 0.05) is 30.0 Å². The van der Waals surface area contributed by atoms with Crippen molar-refractivity contribution in [1.29, 1.82) is 5.26 Å². The fourth-order valence-corrected chi connectivity index (χ4v) is 4.13. The molecule has 1 aliphatic heterocycles. The van der Waals surface area contributed by atoms with Crippen LogP contribution >= 0.6 is 0 Å². The lowest BCUT2D eigenvalue weighted by atomic mass is 9.96. The lowest BCUT2D eigenvalue weighted by Gasteiger charge is -2.29. The first kappa shape index (κ1) is 16.5. The molecule has 4 rings (SSSR count). The largest absolute Gasteiger partial charge is 0.322 e. The molecule has 5 nitrogen and oxygen atoms in total. The highest BCUT2D eigenvalue weighted by molar-refractivity contribution is 5.91. The van der Waals surface area contributed by atoms with Crippen LogP contribution in [-0.2, 0) is 0 Å². The average molecular weight is 350 g/mol. The molecule has 1 aromatic carbocycles. The Morgan fingerprint density at radius 2 is 2.19 bits per heavy atom. The lowest BCUT2D eigenvalue weighted by molar-refractivity contribution is 0.187. The third-order valence-corrected chi connectivity index (χ3v) is 5.47. The Bertz CT molecular complexity index is 907. The summed E-state index contributed by atoms with van der Waals surface area (Å²) in [5, 5.41) is 12.1. The molecule has 1 N–H and O–H groups in total. The number of anilines is 1. The quantitative estimate of drug-likeness (QED) is 0.891. The molecule has 1 aliphatic carbocycles. The number of fused-ring (bicyclic) bond motifs is 2. The number of aromatic nitrogens is 1. The maximum Gasteiger partial charge on any atom is 0.322 e. The number of amides is 2. The summed E-state index contributed by atoms with van der Waals surface area (Å²) in [5.41, 5.74) is 3.16. The molecule has 2 bridgehead atoms. The fourth-order valence-electron chi connectivity index (χ4n) is 4.13. The molecular formula is C20H19FN4O. The number of benzene rings is 1. The highest BCUT2D eigenvalue weighted by atomic mass is 19.1. The molecule has 6 heteroatoms. The van der Waals surface area contributed by atoms with Crippen molar-refractivity contribution in [1.82, 2.24) is 9.88 Å². The monoisotopic (exact) mass is 350 g/mol. The molecule has 3 atom stereocenters. The van der Waals surface area contributed by atoms with Gasteiger partial charge in [-0.15, -0.1) is 0 Å². The van der Waals surface area contributed by atoms with Crippen LogP contribution in [0.15, 0.2) is 36.7 Å². The summed E-state index contributed by atoms with van der Waals surface area (Å²) in [5.74, 6) is -0.0188. The van der Waals surface area contributed by atoms with E-state index in [0.29, 0.717) is 23.7 Å². The number of urea groups is 1. The van der Waals surface area contributed by atoms with Crippen LogP contribution in [0.4, 0.5) is 14.9 Å². The Kier molecular flexibility index (Phi) is 4.08. The number of halogens is 1. The number of hydrogen-bond acceptors (Lipinski definition) is 3. The van der Waals surface area contributed by atoms with E-state index in [1.54, 1.807) is 6.20 Å². The van der Waals surface area contributed by atoms with Gasteiger partial charge in [0.1, 0.15) is 5.82 Å². The van der Waals surface area contributed by atoms with Crippen molar-refractivity contribution in [3.63, 3.8) is 0 Å². The number of piperidine rings is 1. The number of carbonyl (C=O) groups is 1. The van der Waals surface area contributed by atoms with E-state index in [4.69, 9.17) is 5.26 Å². The number of aryl methyl sites for hydroxylation is 1. The SMILES string of the molecule is Cc1ccc(NC(=O)N2CC3CC2CC3C#N)cc1-c1cncc(F)c1. The van der Waals surface area contributed by atoms with Gasteiger partial charge in [0.2, 0.25) is 0 Å². The molecule has 0 spiro atoms. The molecule has 3 unspecified atom stereocenters. The first-order valence-corrected chi connectivity index (χ1v) is 8.74. The van der Waals surface area contributed by atoms with E-state index in [1.807, 2.05) is 30.0 Å². The fraction of sp³-hybridized carbons (Fsp3) is 0.350. The van der Waals surface area contributed by atoms with E-state index in [-0.39, 0.29) is 18.0 Å². The van der Waals surface area contributed by atoms with Crippen LogP contribution in [0, 0.1) is 35.9 Å². The summed E-state index contributed by atoms with van der Waals surface area (Å²) in [6.07, 6.45) is 4.46. The first-order chi connectivity index (χ1) is 12.5. The first-order valence-electron chi connectivity index (χ1n) is 8.74. The lowest BCUT2D eigenvalue weighted by Crippen LogP contribution is -2.42. The normalized spacial score (nSPS) is 23.7. The topological polar surface area (TPSA) is 69.0 Å². The second kappa shape index (κ2) is 6.41. The van der Waals surface area contributed by atoms with Gasteiger partial charge in [0.25, 0.3) is 0 Å². The predicted octanol–water partition coefficient (Wildman–Crippen LogP) is 3.96. The third kappa shape index (κ3) is 2.90. The second-order valence-electron chi connectivity index (χ2n) is 7.12. The summed E-state index contributed by atoms with van der Waals surface area (Å²) in [6, 6.07) is 9.38. The van der Waals surface area contributed by atoms with Crippen LogP contribution in [0.5, 0.6) is 0 Å². The molecule has 26 heavy (non-hydrogen) atoms. The summed E-state index contributed by atoms with van der Waals surface area (Å²) < 4.78 is 13.5. The predicted molar refractivity (Wildman–Crippen MR) is 95.7 cm³/mol. The van der Waals surface area contributed by atoms with Gasteiger partial charge in [-0.25, -0.2) is 9.18 Å². The van der Waals surface area contributed by atoms with E-state index in [2.05, 4.69) is 16.4 Å². The molecule has 1 aromatic heterocycles. The molecule has 2 heterocycles. The van der Waals surface area contributed by atoms with Gasteiger partial charge in [-0.05, 0) is 55.0 Å². The molecule has 1 saturated carbocycles. The van der Waals surface area contributed by atoms with Gasteiger partial charge < -0.3 is 10.2 Å². The van der Waals surface area contributed by atoms with E-state index in [1.165, 1.54) is 12.3 Å². The number of rotatable bonds is 2. The van der Waals surface area contributed by atoms with Gasteiger partial charge in [0.05, 0.1) is 18.2 Å². The van der Waals surface area contributed by atoms with Gasteiger partial charge in [-0.1, -0.05) is 6.07 Å². The molecule has 132 valence electrons. The summed E-state index contributed by atoms with van der Waals surface area (Å²) >= 11 is 0. The average Bonchev–Trinajstić information content (AvgIpc) is 3.23. The zero-order valence-electron chi connectivity index (χ0n) is 14.4. The number of carbonyl (C=O) groups excluding carboxylic acids is 1. The Balaban J connectivity index is 1.52. The Hall–Kier alpha value is -2.94. The number of nitriles is 1. The minimum Gasteiger partial charge on any atom is -0.321 e. The van der Waals surface area contributed by atoms with Crippen molar-refractivity contribution in [2.45, 2.75) is 25.8 Å². The van der Waals surface area contributed by atoms with Crippen LogP contribution in [0.1, 0.15) is 18.4 Å². The maximum absolute atomic E-state index is 13.5. The number of pyridine rings is 1. The Morgan fingerprint density at radius 1 is 1.35 bits per heavy atom. The molecule has 2 aromatic rings. The highest BCUT2D eigenvalue weighted by Gasteiger charge is 2.46. The van der Waals surface area contributed by atoms with Crippen LogP contribution in [0.2, 0.25) is 0 Å². The minimum atomic E-state index is -0.392. The molecular weight excluding hydrogens is 331 g/mol. The van der Waals surface area contributed by atoms with Crippen molar-refractivity contribution in [3.05, 3.63) is 48.0 Å². The standard InChI is InChI=1S/C20H19FN4O/c1-12-2-3-17(7-19(12)14-4-16(21)10-23-9-14)24-20(26)25-11-15-6-18(25)5-13(15)8-22/h2-4,7,9-10,13,15,18H,5-6,11H2,1H3,(H,24,26). The van der Waals surface area contributed by atoms with Crippen molar-refractivity contribution < 1.29 is 9.18 Å². The minimum absolute atomic E-state index is 0.0792. The van der Waals surface area contributed by atoms with Gasteiger partial charge in [-0.2, -0.15) is 5.26 Å². The number of hydrogen-bond donors (Lipinski definition) is 1. The van der Waals surface area contributed by atoms with Gasteiger partial charge in [0.15, 0.2) is 0 Å². The summed E-state index contributed by atoms with van der Waals surface area (Å²) in [4.78, 5) is 18.4.